The van der Waals surface area contributed by atoms with Gasteiger partial charge in [-0.1, -0.05) is 50.4 Å². The smallest absolute Gasteiger partial charge is 0.262 e. The molecule has 2 amide bonds. The quantitative estimate of drug-likeness (QED) is 0.175. The van der Waals surface area contributed by atoms with Crippen LogP contribution >= 0.6 is 39.1 Å². The first-order valence-electron chi connectivity index (χ1n) is 11.4. The first-order chi connectivity index (χ1) is 16.7. The van der Waals surface area contributed by atoms with Crippen LogP contribution in [0, 0.1) is 5.92 Å². The van der Waals surface area contributed by atoms with Crippen molar-refractivity contribution in [1.82, 2.24) is 10.7 Å². The van der Waals surface area contributed by atoms with E-state index in [1.165, 1.54) is 18.3 Å². The van der Waals surface area contributed by atoms with Gasteiger partial charge in [-0.25, -0.2) is 5.43 Å². The minimum atomic E-state index is -0.811. The summed E-state index contributed by atoms with van der Waals surface area (Å²) in [5.41, 5.74) is 3.50. The third-order valence-corrected chi connectivity index (χ3v) is 6.21. The van der Waals surface area contributed by atoms with Crippen molar-refractivity contribution < 1.29 is 19.1 Å². The molecule has 0 bridgehead atoms. The van der Waals surface area contributed by atoms with E-state index in [1.807, 2.05) is 26.8 Å². The van der Waals surface area contributed by atoms with Gasteiger partial charge in [0.15, 0.2) is 11.5 Å². The number of rotatable bonds is 12. The van der Waals surface area contributed by atoms with Crippen molar-refractivity contribution in [2.45, 2.75) is 46.6 Å². The Balaban J connectivity index is 2.10. The summed E-state index contributed by atoms with van der Waals surface area (Å²) in [7, 11) is 0. The van der Waals surface area contributed by atoms with Gasteiger partial charge in [0.05, 0.1) is 33.9 Å². The molecule has 190 valence electrons. The third-order valence-electron chi connectivity index (χ3n) is 4.88. The van der Waals surface area contributed by atoms with E-state index in [-0.39, 0.29) is 10.9 Å². The zero-order chi connectivity index (χ0) is 26.0. The molecule has 0 aromatic heterocycles. The second-order valence-corrected chi connectivity index (χ2v) is 9.69. The van der Waals surface area contributed by atoms with Crippen LogP contribution in [-0.4, -0.2) is 37.3 Å². The van der Waals surface area contributed by atoms with E-state index in [0.717, 1.165) is 17.3 Å². The summed E-state index contributed by atoms with van der Waals surface area (Å²) in [6, 6.07) is 7.33. The number of carbonyl (C=O) groups excluding carboxylic acids is 2. The number of unbranched alkanes of at least 4 members (excludes halogenated alkanes) is 1. The maximum absolute atomic E-state index is 12.8. The van der Waals surface area contributed by atoms with Crippen LogP contribution in [0.4, 0.5) is 0 Å². The molecule has 0 saturated carbocycles. The summed E-state index contributed by atoms with van der Waals surface area (Å²) in [6.07, 6.45) is 3.46. The molecule has 10 heteroatoms. The minimum absolute atomic E-state index is 0.185. The van der Waals surface area contributed by atoms with Gasteiger partial charge in [0.25, 0.3) is 11.8 Å². The second-order valence-electron chi connectivity index (χ2n) is 8.02. The van der Waals surface area contributed by atoms with Crippen molar-refractivity contribution in [1.29, 1.82) is 0 Å². The molecule has 2 rings (SSSR count). The fraction of sp³-hybridized carbons (Fsp3) is 0.400. The highest BCUT2D eigenvalue weighted by Crippen LogP contribution is 2.36. The molecule has 35 heavy (non-hydrogen) atoms. The van der Waals surface area contributed by atoms with Crippen molar-refractivity contribution in [3.63, 3.8) is 0 Å². The van der Waals surface area contributed by atoms with Gasteiger partial charge in [-0.15, -0.1) is 0 Å². The monoisotopic (exact) mass is 585 g/mol. The summed E-state index contributed by atoms with van der Waals surface area (Å²) in [6.45, 7) is 8.70. The van der Waals surface area contributed by atoms with Gasteiger partial charge < -0.3 is 14.8 Å². The summed E-state index contributed by atoms with van der Waals surface area (Å²) < 4.78 is 12.3. The van der Waals surface area contributed by atoms with Gasteiger partial charge in [-0.05, 0) is 71.1 Å². The molecule has 0 spiro atoms. The topological polar surface area (TPSA) is 89.0 Å². The number of hydrazone groups is 1. The first kappa shape index (κ1) is 28.9. The van der Waals surface area contributed by atoms with Gasteiger partial charge in [0.2, 0.25) is 0 Å². The maximum Gasteiger partial charge on any atom is 0.262 e. The van der Waals surface area contributed by atoms with Crippen molar-refractivity contribution in [2.24, 2.45) is 11.0 Å². The molecular formula is C25H30BrCl2N3O4. The second kappa shape index (κ2) is 14.3. The lowest BCUT2D eigenvalue weighted by atomic mass is 10.0. The molecule has 0 fully saturated rings. The SMILES string of the molecule is CCCCOc1c(Br)cc(/C=N\NC(=O)C(NC(=O)c2ccc(Cl)c(Cl)c2)C(C)C)cc1OCC. The Morgan fingerprint density at radius 2 is 1.86 bits per heavy atom. The molecule has 2 aromatic rings. The van der Waals surface area contributed by atoms with Crippen molar-refractivity contribution in [3.8, 4) is 11.5 Å². The lowest BCUT2D eigenvalue weighted by Crippen LogP contribution is -2.48. The Bertz CT molecular complexity index is 1060. The molecule has 7 nitrogen and oxygen atoms in total. The normalized spacial score (nSPS) is 12.0. The Morgan fingerprint density at radius 3 is 2.49 bits per heavy atom. The average molecular weight is 587 g/mol. The van der Waals surface area contributed by atoms with Gasteiger partial charge in [-0.3, -0.25) is 9.59 Å². The molecule has 2 aromatic carbocycles. The molecule has 1 unspecified atom stereocenters. The summed E-state index contributed by atoms with van der Waals surface area (Å²) in [4.78, 5) is 25.4. The molecule has 1 atom stereocenters. The van der Waals surface area contributed by atoms with Crippen molar-refractivity contribution in [2.75, 3.05) is 13.2 Å². The highest BCUT2D eigenvalue weighted by atomic mass is 79.9. The molecule has 0 aliphatic rings. The zero-order valence-electron chi connectivity index (χ0n) is 20.2. The number of hydrogen-bond donors (Lipinski definition) is 2. The minimum Gasteiger partial charge on any atom is -0.490 e. The summed E-state index contributed by atoms with van der Waals surface area (Å²) in [5, 5.41) is 7.39. The van der Waals surface area contributed by atoms with E-state index in [0.29, 0.717) is 40.9 Å². The Morgan fingerprint density at radius 1 is 1.11 bits per heavy atom. The number of nitrogens with zero attached hydrogens (tertiary/aromatic N) is 1. The van der Waals surface area contributed by atoms with Crippen molar-refractivity contribution in [3.05, 3.63) is 56.0 Å². The number of amides is 2. The lowest BCUT2D eigenvalue weighted by Gasteiger charge is -2.20. The molecule has 0 aliphatic heterocycles. The van der Waals surface area contributed by atoms with Crippen LogP contribution in [0.15, 0.2) is 39.9 Å². The summed E-state index contributed by atoms with van der Waals surface area (Å²) in [5.74, 6) is 0.139. The highest BCUT2D eigenvalue weighted by molar-refractivity contribution is 9.10. The van der Waals surface area contributed by atoms with Crippen LogP contribution in [0.1, 0.15) is 56.5 Å². The Hall–Kier alpha value is -2.29. The largest absolute Gasteiger partial charge is 0.490 e. The molecule has 0 radical (unpaired) electrons. The number of nitrogens with one attached hydrogen (secondary N) is 2. The van der Waals surface area contributed by atoms with E-state index < -0.39 is 17.9 Å². The predicted molar refractivity (Wildman–Crippen MR) is 144 cm³/mol. The van der Waals surface area contributed by atoms with Crippen LogP contribution in [0.2, 0.25) is 10.0 Å². The first-order valence-corrected chi connectivity index (χ1v) is 12.9. The highest BCUT2D eigenvalue weighted by Gasteiger charge is 2.25. The number of benzene rings is 2. The van der Waals surface area contributed by atoms with Crippen LogP contribution in [-0.2, 0) is 4.79 Å². The van der Waals surface area contributed by atoms with Gasteiger partial charge in [0, 0.05) is 5.56 Å². The Labute approximate surface area is 224 Å². The van der Waals surface area contributed by atoms with E-state index in [9.17, 15) is 9.59 Å². The average Bonchev–Trinajstić information content (AvgIpc) is 2.80. The van der Waals surface area contributed by atoms with Crippen molar-refractivity contribution >= 4 is 57.2 Å². The predicted octanol–water partition coefficient (Wildman–Crippen LogP) is 6.24. The molecule has 0 heterocycles. The number of ether oxygens (including phenoxy) is 2. The third kappa shape index (κ3) is 8.70. The van der Waals surface area contributed by atoms with Crippen LogP contribution in [0.3, 0.4) is 0 Å². The van der Waals surface area contributed by atoms with E-state index in [2.05, 4.69) is 38.7 Å². The Kier molecular flexibility index (Phi) is 11.8. The van der Waals surface area contributed by atoms with Gasteiger partial charge in [0.1, 0.15) is 6.04 Å². The number of halogens is 3. The van der Waals surface area contributed by atoms with Crippen LogP contribution < -0.4 is 20.2 Å². The fourth-order valence-corrected chi connectivity index (χ4v) is 3.89. The van der Waals surface area contributed by atoms with Gasteiger partial charge >= 0.3 is 0 Å². The van der Waals surface area contributed by atoms with E-state index in [1.54, 1.807) is 12.1 Å². The van der Waals surface area contributed by atoms with E-state index in [4.69, 9.17) is 32.7 Å². The van der Waals surface area contributed by atoms with Crippen LogP contribution in [0.5, 0.6) is 11.5 Å². The fourth-order valence-electron chi connectivity index (χ4n) is 3.02. The number of carbonyl (C=O) groups is 2. The maximum atomic E-state index is 12.8. The molecular weight excluding hydrogens is 557 g/mol. The molecule has 0 saturated heterocycles. The standard InChI is InChI=1S/C25H30BrCl2N3O4/c1-5-7-10-35-23-18(26)11-16(12-21(23)34-6-2)14-29-31-25(33)22(15(3)4)30-24(32)17-8-9-19(27)20(28)13-17/h8-9,11-15,22H,5-7,10H2,1-4H3,(H,30,32)(H,31,33)/b29-14-. The lowest BCUT2D eigenvalue weighted by molar-refractivity contribution is -0.123. The van der Waals surface area contributed by atoms with Crippen LogP contribution in [0.25, 0.3) is 0 Å². The number of hydrogen-bond acceptors (Lipinski definition) is 5. The molecule has 2 N–H and O–H groups in total. The van der Waals surface area contributed by atoms with Gasteiger partial charge in [-0.2, -0.15) is 5.10 Å². The summed E-state index contributed by atoms with van der Waals surface area (Å²) >= 11 is 15.4. The zero-order valence-corrected chi connectivity index (χ0v) is 23.3. The van der Waals surface area contributed by atoms with E-state index >= 15 is 0 Å². The molecule has 0 aliphatic carbocycles.